The summed E-state index contributed by atoms with van der Waals surface area (Å²) in [4.78, 5) is 136. The third kappa shape index (κ3) is 12.0. The average Bonchev–Trinajstić information content (AvgIpc) is 1.02. The van der Waals surface area contributed by atoms with Crippen molar-refractivity contribution < 1.29 is 81.8 Å². The van der Waals surface area contributed by atoms with Gasteiger partial charge in [0.1, 0.15) is 55.6 Å². The van der Waals surface area contributed by atoms with Crippen LogP contribution in [0.15, 0.2) is 16.9 Å². The first-order chi connectivity index (χ1) is 40.2. The predicted octanol–water partition coefficient (Wildman–Crippen LogP) is -1.30. The lowest BCUT2D eigenvalue weighted by Gasteiger charge is -2.68. The second-order valence-electron chi connectivity index (χ2n) is 23.3. The molecule has 1 aromatic carbocycles. The molecule has 3 aromatic rings. The molecule has 1 saturated heterocycles. The summed E-state index contributed by atoms with van der Waals surface area (Å²) in [6, 6.07) is -2.43. The molecule has 4 aliphatic carbocycles. The number of methoxy groups -OCH3 is 1. The fraction of sp³-hybridized carbons (Fsp3) is 0.589. The van der Waals surface area contributed by atoms with Crippen LogP contribution in [0.4, 0.5) is 14.0 Å². The highest BCUT2D eigenvalue weighted by atomic mass is 19.1. The molecule has 14 N–H and O–H groups in total. The van der Waals surface area contributed by atoms with Crippen molar-refractivity contribution in [1.29, 1.82) is 0 Å². The molecule has 4 fully saturated rings. The summed E-state index contributed by atoms with van der Waals surface area (Å²) < 4.78 is 38.7. The Balaban J connectivity index is 0.816. The molecule has 7 aliphatic rings. The summed E-state index contributed by atoms with van der Waals surface area (Å²) in [5.41, 5.74) is 10.2. The number of aryl methyl sites for hydroxylation is 1. The molecular formula is C56H72FN11O17. The number of aliphatic hydroxyl groups is 3. The van der Waals surface area contributed by atoms with E-state index < -0.39 is 130 Å². The average molecular weight is 1190 g/mol. The van der Waals surface area contributed by atoms with E-state index in [1.807, 2.05) is 0 Å². The number of hydrogen-bond donors (Lipinski definition) is 12. The molecule has 29 heteroatoms. The molecule has 0 spiro atoms. The molecule has 9 atom stereocenters. The van der Waals surface area contributed by atoms with Gasteiger partial charge < -0.3 is 87.5 Å². The van der Waals surface area contributed by atoms with Crippen LogP contribution < -0.4 is 54.2 Å². The zero-order chi connectivity index (χ0) is 61.6. The van der Waals surface area contributed by atoms with Crippen molar-refractivity contribution in [2.75, 3.05) is 26.9 Å². The fourth-order valence-corrected chi connectivity index (χ4v) is 12.7. The van der Waals surface area contributed by atoms with Crippen LogP contribution in [-0.4, -0.2) is 153 Å². The maximum Gasteiger partial charge on any atom is 0.407 e. The van der Waals surface area contributed by atoms with Gasteiger partial charge >= 0.3 is 18.1 Å². The Labute approximate surface area is 485 Å². The molecule has 0 unspecified atom stereocenters. The van der Waals surface area contributed by atoms with E-state index in [9.17, 15) is 63.3 Å². The Hall–Kier alpha value is -7.86. The number of aliphatic hydroxyl groups excluding tert-OH is 2. The van der Waals surface area contributed by atoms with E-state index in [-0.39, 0.29) is 88.5 Å². The smallest absolute Gasteiger partial charge is 0.407 e. The monoisotopic (exact) mass is 1190 g/mol. The number of alkyl carbamates (subject to hydrolysis) is 1. The lowest BCUT2D eigenvalue weighted by atomic mass is 9.40. The van der Waals surface area contributed by atoms with Crippen molar-refractivity contribution >= 4 is 64.4 Å². The number of carbonyl (C=O) groups is 9. The molecule has 3 aliphatic heterocycles. The number of aromatic nitrogens is 2. The van der Waals surface area contributed by atoms with Crippen LogP contribution in [0, 0.1) is 24.1 Å². The minimum absolute atomic E-state index is 0.0173. The third-order valence-corrected chi connectivity index (χ3v) is 17.4. The molecule has 10 rings (SSSR count). The lowest BCUT2D eigenvalue weighted by Crippen LogP contribution is -2.73. The Morgan fingerprint density at radius 2 is 1.61 bits per heavy atom. The van der Waals surface area contributed by atoms with Gasteiger partial charge in [0.25, 0.3) is 5.56 Å². The van der Waals surface area contributed by atoms with E-state index in [0.29, 0.717) is 71.1 Å². The quantitative estimate of drug-likeness (QED) is 0.0220. The minimum atomic E-state index is -2.06. The molecule has 5 heterocycles. The number of carbonyl (C=O) groups excluding carboxylic acids is 9. The number of rotatable bonds is 24. The second-order valence-corrected chi connectivity index (χ2v) is 23.3. The van der Waals surface area contributed by atoms with Gasteiger partial charge in [-0.15, -0.1) is 0 Å². The van der Waals surface area contributed by atoms with Crippen LogP contribution in [0.1, 0.15) is 124 Å². The predicted molar refractivity (Wildman–Crippen MR) is 293 cm³/mol. The number of hydrogen-bond acceptors (Lipinski definition) is 18. The number of urea groups is 1. The molecular weight excluding hydrogens is 1120 g/mol. The molecule has 85 heavy (non-hydrogen) atoms. The van der Waals surface area contributed by atoms with Crippen LogP contribution in [0.5, 0.6) is 0 Å². The van der Waals surface area contributed by atoms with Crippen molar-refractivity contribution in [2.45, 2.75) is 171 Å². The Kier molecular flexibility index (Phi) is 17.6. The molecule has 3 saturated carbocycles. The zero-order valence-corrected chi connectivity index (χ0v) is 47.6. The number of nitrogens with zero attached hydrogens (tertiary/aromatic N) is 2. The topological polar surface area (TPSA) is 422 Å². The van der Waals surface area contributed by atoms with E-state index in [2.05, 4.69) is 42.0 Å². The fourth-order valence-electron chi connectivity index (χ4n) is 12.7. The van der Waals surface area contributed by atoms with Gasteiger partial charge in [0.05, 0.1) is 65.7 Å². The van der Waals surface area contributed by atoms with E-state index in [1.165, 1.54) is 10.6 Å². The standard InChI is InChI=1S/C56H72FN11O17/c1-6-56(81)29-14-35-43-27(18-68(35)49(76)28(29)19-83-51(56)78)41-31(10-9-26-25(4)30(57)15-34(63-43)40(26)41)65-50(77)54-20-55(21-54,22-54)84-23-62-46(73)32(8-7-13-60-52(59)79)64-48(75)42(24(2)3)67-47(74)33(66-53(80)82-5)11-12-39(70)61-17-37-45(72)44(71)36(85-37)16-38(58)69/h14-15,24,31-33,36-37,42,44-45,71-72,81H,6-13,16-23H2,1-5H3,(H2,58,69)(H,61,70)(H,62,73)(H,64,75)(H,65,77)(H,66,80)(H,67,74)(H3,59,60,79)/t31-,32-,33-,36-,37+,42-,44-,45+,54?,55?,56-/m0/s1. The first-order valence-corrected chi connectivity index (χ1v) is 28.3. The van der Waals surface area contributed by atoms with E-state index in [0.717, 1.165) is 12.7 Å². The van der Waals surface area contributed by atoms with Gasteiger partial charge in [-0.2, -0.15) is 0 Å². The van der Waals surface area contributed by atoms with E-state index in [4.69, 9.17) is 30.7 Å². The SMILES string of the molecule is CC[C@@]1(O)C(=O)OCc2c1cc1n(c2=O)Cc2c-1nc1cc(F)c(C)c3c1c2[C@@H](NC(=O)C12CC(OCNC(=O)[C@H](CCCNC(N)=O)NC(=O)[C@@H](NC(=O)[C@H](CCC(=O)NC[C@H]4O[C@@H](CC(N)=O)[C@H](O)[C@@H]4O)NC(=O)OC)C(C)C)(C1)C2)CC3. The van der Waals surface area contributed by atoms with Gasteiger partial charge in [0.15, 0.2) is 5.60 Å². The Bertz CT molecular complexity index is 3300. The molecule has 28 nitrogen and oxygen atoms in total. The number of halogens is 1. The van der Waals surface area contributed by atoms with Gasteiger partial charge in [0, 0.05) is 42.1 Å². The highest BCUT2D eigenvalue weighted by Gasteiger charge is 2.73. The highest BCUT2D eigenvalue weighted by Crippen LogP contribution is 2.69. The van der Waals surface area contributed by atoms with Gasteiger partial charge in [-0.1, -0.05) is 20.8 Å². The van der Waals surface area contributed by atoms with Crippen molar-refractivity contribution in [1.82, 2.24) is 46.8 Å². The van der Waals surface area contributed by atoms with E-state index >= 15 is 4.39 Å². The normalized spacial score (nSPS) is 25.7. The number of primary amides is 2. The third-order valence-electron chi connectivity index (χ3n) is 17.4. The van der Waals surface area contributed by atoms with Crippen LogP contribution in [-0.2, 0) is 77.7 Å². The number of benzene rings is 1. The maximum atomic E-state index is 15.6. The molecule has 9 amide bonds. The van der Waals surface area contributed by atoms with Gasteiger partial charge in [-0.3, -0.25) is 33.6 Å². The summed E-state index contributed by atoms with van der Waals surface area (Å²) in [5.74, 6) is -5.94. The van der Waals surface area contributed by atoms with Crippen molar-refractivity contribution in [2.24, 2.45) is 22.8 Å². The first-order valence-electron chi connectivity index (χ1n) is 28.3. The van der Waals surface area contributed by atoms with E-state index in [1.54, 1.807) is 33.8 Å². The van der Waals surface area contributed by atoms with Gasteiger partial charge in [-0.05, 0) is 93.4 Å². The molecule has 2 aromatic heterocycles. The zero-order valence-electron chi connectivity index (χ0n) is 47.6. The maximum absolute atomic E-state index is 15.6. The summed E-state index contributed by atoms with van der Waals surface area (Å²) in [7, 11) is 1.05. The summed E-state index contributed by atoms with van der Waals surface area (Å²) in [6.07, 6.45) is -5.22. The number of amides is 9. The first kappa shape index (κ1) is 61.7. The van der Waals surface area contributed by atoms with Crippen LogP contribution in [0.2, 0.25) is 0 Å². The summed E-state index contributed by atoms with van der Waals surface area (Å²) in [5, 5.41) is 51.2. The van der Waals surface area contributed by atoms with Crippen LogP contribution >= 0.6 is 0 Å². The number of nitrogens with one attached hydrogen (secondary N) is 7. The molecule has 2 bridgehead atoms. The number of esters is 1. The highest BCUT2D eigenvalue weighted by molar-refractivity contribution is 5.96. The number of ether oxygens (including phenoxy) is 4. The lowest BCUT2D eigenvalue weighted by molar-refractivity contribution is -0.276. The number of nitrogens with two attached hydrogens (primary N) is 2. The Morgan fingerprint density at radius 1 is 0.906 bits per heavy atom. The second kappa shape index (κ2) is 24.3. The van der Waals surface area contributed by atoms with Crippen molar-refractivity contribution in [3.63, 3.8) is 0 Å². The van der Waals surface area contributed by atoms with Crippen molar-refractivity contribution in [3.05, 3.63) is 61.7 Å². The number of pyridine rings is 2. The minimum Gasteiger partial charge on any atom is -0.458 e. The van der Waals surface area contributed by atoms with Crippen molar-refractivity contribution in [3.8, 4) is 11.4 Å². The largest absolute Gasteiger partial charge is 0.458 e. The summed E-state index contributed by atoms with van der Waals surface area (Å²) in [6.45, 7) is 5.73. The summed E-state index contributed by atoms with van der Waals surface area (Å²) >= 11 is 0. The number of cyclic esters (lactones) is 1. The van der Waals surface area contributed by atoms with Crippen LogP contribution in [0.3, 0.4) is 0 Å². The van der Waals surface area contributed by atoms with Crippen LogP contribution in [0.25, 0.3) is 22.3 Å². The molecule has 0 radical (unpaired) electrons. The molecule has 460 valence electrons. The van der Waals surface area contributed by atoms with Gasteiger partial charge in [0.2, 0.25) is 35.4 Å². The Morgan fingerprint density at radius 3 is 2.28 bits per heavy atom. The number of fused-ring (bicyclic) bond motifs is 5. The van der Waals surface area contributed by atoms with Gasteiger partial charge in [-0.25, -0.2) is 23.8 Å².